The Morgan fingerprint density at radius 1 is 1.30 bits per heavy atom. The summed E-state index contributed by atoms with van der Waals surface area (Å²) < 4.78 is 16.6. The number of nitrogens with zero attached hydrogens (tertiary/aromatic N) is 4. The van der Waals surface area contributed by atoms with E-state index in [1.54, 1.807) is 4.57 Å². The predicted octanol–water partition coefficient (Wildman–Crippen LogP) is 1.88. The zero-order valence-electron chi connectivity index (χ0n) is 15.7. The van der Waals surface area contributed by atoms with Crippen LogP contribution >= 0.6 is 0 Å². The summed E-state index contributed by atoms with van der Waals surface area (Å²) >= 11 is 0. The second kappa shape index (κ2) is 6.02. The maximum absolute atomic E-state index is 15.0. The summed E-state index contributed by atoms with van der Waals surface area (Å²) in [5.41, 5.74) is -1.30. The van der Waals surface area contributed by atoms with Gasteiger partial charge in [-0.15, -0.1) is 0 Å². The van der Waals surface area contributed by atoms with Gasteiger partial charge in [0.1, 0.15) is 11.2 Å². The SMILES string of the molecule is CC(C)(C)n1cc(C(=O)O)c(=O)c2cc(F)c(N3CCN4CCC3C4)nc21. The Balaban J connectivity index is 1.96. The molecule has 4 rings (SSSR count). The molecule has 27 heavy (non-hydrogen) atoms. The molecule has 0 aliphatic carbocycles. The van der Waals surface area contributed by atoms with E-state index in [0.717, 1.165) is 32.1 Å². The van der Waals surface area contributed by atoms with Gasteiger partial charge in [-0.25, -0.2) is 14.2 Å². The van der Waals surface area contributed by atoms with Crippen LogP contribution in [0.3, 0.4) is 0 Å². The molecule has 144 valence electrons. The number of carboxylic acid groups (broad SMARTS) is 1. The number of halogens is 1. The Morgan fingerprint density at radius 2 is 2.04 bits per heavy atom. The standard InChI is InChI=1S/C19H23FN4O3/c1-19(2,3)24-10-13(18(26)27)15(25)12-8-14(20)17(21-16(12)24)23-7-6-22-5-4-11(23)9-22/h8,10-11H,4-7,9H2,1-3H3,(H,26,27). The third-order valence-corrected chi connectivity index (χ3v) is 5.48. The number of pyridine rings is 2. The summed E-state index contributed by atoms with van der Waals surface area (Å²) in [5, 5.41) is 9.37. The first kappa shape index (κ1) is 17.9. The van der Waals surface area contributed by atoms with E-state index < -0.39 is 22.8 Å². The molecule has 0 aromatic carbocycles. The highest BCUT2D eigenvalue weighted by Crippen LogP contribution is 2.30. The maximum atomic E-state index is 15.0. The Labute approximate surface area is 156 Å². The molecule has 2 bridgehead atoms. The number of carbonyl (C=O) groups is 1. The van der Waals surface area contributed by atoms with Gasteiger partial charge in [0.25, 0.3) is 0 Å². The maximum Gasteiger partial charge on any atom is 0.341 e. The lowest BCUT2D eigenvalue weighted by Crippen LogP contribution is -2.47. The van der Waals surface area contributed by atoms with Gasteiger partial charge in [0, 0.05) is 44.0 Å². The minimum Gasteiger partial charge on any atom is -0.477 e. The molecule has 2 aliphatic rings. The van der Waals surface area contributed by atoms with Crippen LogP contribution in [0.1, 0.15) is 37.6 Å². The fourth-order valence-corrected chi connectivity index (χ4v) is 4.06. The number of aromatic carboxylic acids is 1. The molecule has 2 unspecified atom stereocenters. The molecule has 2 aromatic rings. The van der Waals surface area contributed by atoms with E-state index in [-0.39, 0.29) is 22.8 Å². The Bertz CT molecular complexity index is 995. The van der Waals surface area contributed by atoms with Crippen LogP contribution in [0, 0.1) is 5.82 Å². The zero-order valence-corrected chi connectivity index (χ0v) is 15.7. The van der Waals surface area contributed by atoms with Crippen molar-refractivity contribution in [3.8, 4) is 0 Å². The number of rotatable bonds is 2. The smallest absolute Gasteiger partial charge is 0.341 e. The van der Waals surface area contributed by atoms with E-state index in [4.69, 9.17) is 0 Å². The van der Waals surface area contributed by atoms with Crippen molar-refractivity contribution < 1.29 is 14.3 Å². The minimum absolute atomic E-state index is 0.00358. The minimum atomic E-state index is -1.33. The molecule has 0 amide bonds. The molecule has 2 fully saturated rings. The van der Waals surface area contributed by atoms with Crippen LogP contribution in [-0.4, -0.2) is 57.7 Å². The molecular weight excluding hydrogens is 351 g/mol. The molecule has 0 radical (unpaired) electrons. The van der Waals surface area contributed by atoms with Crippen LogP contribution in [-0.2, 0) is 5.54 Å². The number of anilines is 1. The van der Waals surface area contributed by atoms with Crippen LogP contribution in [0.2, 0.25) is 0 Å². The van der Waals surface area contributed by atoms with E-state index in [1.165, 1.54) is 6.20 Å². The first-order valence-corrected chi connectivity index (χ1v) is 9.15. The quantitative estimate of drug-likeness (QED) is 0.865. The summed E-state index contributed by atoms with van der Waals surface area (Å²) in [5.74, 6) is -1.66. The number of piperazine rings is 1. The summed E-state index contributed by atoms with van der Waals surface area (Å²) in [6, 6.07) is 1.36. The van der Waals surface area contributed by atoms with Gasteiger partial charge < -0.3 is 14.6 Å². The fourth-order valence-electron chi connectivity index (χ4n) is 4.06. The molecule has 2 aromatic heterocycles. The van der Waals surface area contributed by atoms with Gasteiger partial charge in [-0.1, -0.05) is 0 Å². The highest BCUT2D eigenvalue weighted by molar-refractivity contribution is 5.92. The fraction of sp³-hybridized carbons (Fsp3) is 0.526. The summed E-state index contributed by atoms with van der Waals surface area (Å²) in [4.78, 5) is 33.0. The lowest BCUT2D eigenvalue weighted by molar-refractivity contribution is 0.0694. The van der Waals surface area contributed by atoms with Crippen molar-refractivity contribution in [2.24, 2.45) is 0 Å². The third-order valence-electron chi connectivity index (χ3n) is 5.48. The molecule has 1 N–H and O–H groups in total. The van der Waals surface area contributed by atoms with Gasteiger partial charge in [0.15, 0.2) is 11.6 Å². The summed E-state index contributed by atoms with van der Waals surface area (Å²) in [6.45, 7) is 9.12. The van der Waals surface area contributed by atoms with Crippen LogP contribution in [0.15, 0.2) is 17.1 Å². The molecule has 2 saturated heterocycles. The number of hydrogen-bond donors (Lipinski definition) is 1. The van der Waals surface area contributed by atoms with E-state index >= 15 is 0 Å². The first-order valence-electron chi connectivity index (χ1n) is 9.15. The first-order chi connectivity index (χ1) is 12.7. The van der Waals surface area contributed by atoms with Crippen molar-refractivity contribution in [1.29, 1.82) is 0 Å². The Morgan fingerprint density at radius 3 is 2.70 bits per heavy atom. The van der Waals surface area contributed by atoms with E-state index in [1.807, 2.05) is 25.7 Å². The topological polar surface area (TPSA) is 78.7 Å². The van der Waals surface area contributed by atoms with Crippen molar-refractivity contribution in [2.75, 3.05) is 31.1 Å². The van der Waals surface area contributed by atoms with Crippen molar-refractivity contribution >= 4 is 22.8 Å². The van der Waals surface area contributed by atoms with Crippen molar-refractivity contribution in [3.05, 3.63) is 33.9 Å². The monoisotopic (exact) mass is 374 g/mol. The molecule has 4 heterocycles. The molecule has 7 nitrogen and oxygen atoms in total. The van der Waals surface area contributed by atoms with Gasteiger partial charge >= 0.3 is 5.97 Å². The lowest BCUT2D eigenvalue weighted by atomic mass is 10.1. The molecule has 0 spiro atoms. The number of carboxylic acids is 1. The van der Waals surface area contributed by atoms with Crippen LogP contribution in [0.5, 0.6) is 0 Å². The van der Waals surface area contributed by atoms with Gasteiger partial charge in [0.2, 0.25) is 5.43 Å². The second-order valence-electron chi connectivity index (χ2n) is 8.32. The van der Waals surface area contributed by atoms with Crippen molar-refractivity contribution in [2.45, 2.75) is 38.8 Å². The lowest BCUT2D eigenvalue weighted by Gasteiger charge is -2.35. The normalized spacial score (nSPS) is 22.4. The summed E-state index contributed by atoms with van der Waals surface area (Å²) in [7, 11) is 0. The van der Waals surface area contributed by atoms with Crippen LogP contribution < -0.4 is 10.3 Å². The van der Waals surface area contributed by atoms with Crippen LogP contribution in [0.25, 0.3) is 11.0 Å². The third kappa shape index (κ3) is 2.88. The van der Waals surface area contributed by atoms with Gasteiger partial charge in [-0.2, -0.15) is 0 Å². The van der Waals surface area contributed by atoms with Crippen molar-refractivity contribution in [1.82, 2.24) is 14.5 Å². The Hall–Kier alpha value is -2.48. The van der Waals surface area contributed by atoms with Gasteiger partial charge in [-0.3, -0.25) is 9.69 Å². The van der Waals surface area contributed by atoms with Gasteiger partial charge in [0.05, 0.1) is 5.39 Å². The number of aromatic nitrogens is 2. The number of fused-ring (bicyclic) bond motifs is 3. The molecule has 0 saturated carbocycles. The van der Waals surface area contributed by atoms with Gasteiger partial charge in [-0.05, 0) is 33.3 Å². The predicted molar refractivity (Wildman–Crippen MR) is 100 cm³/mol. The van der Waals surface area contributed by atoms with Crippen LogP contribution in [0.4, 0.5) is 10.2 Å². The largest absolute Gasteiger partial charge is 0.477 e. The molecule has 2 atom stereocenters. The summed E-state index contributed by atoms with van der Waals surface area (Å²) in [6.07, 6.45) is 2.28. The highest BCUT2D eigenvalue weighted by Gasteiger charge is 2.35. The highest BCUT2D eigenvalue weighted by atomic mass is 19.1. The molecule has 8 heteroatoms. The van der Waals surface area contributed by atoms with E-state index in [9.17, 15) is 19.1 Å². The Kier molecular flexibility index (Phi) is 3.99. The average Bonchev–Trinajstić information content (AvgIpc) is 2.95. The molecular formula is C19H23FN4O3. The second-order valence-corrected chi connectivity index (χ2v) is 8.32. The number of hydrogen-bond acceptors (Lipinski definition) is 5. The average molecular weight is 374 g/mol. The van der Waals surface area contributed by atoms with E-state index in [0.29, 0.717) is 12.2 Å². The molecule has 2 aliphatic heterocycles. The van der Waals surface area contributed by atoms with Crippen molar-refractivity contribution in [3.63, 3.8) is 0 Å². The van der Waals surface area contributed by atoms with E-state index in [2.05, 4.69) is 9.88 Å². The zero-order chi connectivity index (χ0) is 19.5.